The monoisotopic (exact) mass is 303 g/mol. The van der Waals surface area contributed by atoms with Gasteiger partial charge in [0.15, 0.2) is 5.69 Å². The van der Waals surface area contributed by atoms with Crippen molar-refractivity contribution in [3.8, 4) is 0 Å². The molecular weight excluding hydrogens is 280 g/mol. The molecule has 0 bridgehead atoms. The second kappa shape index (κ2) is 8.07. The van der Waals surface area contributed by atoms with Crippen LogP contribution in [0.2, 0.25) is 0 Å². The van der Waals surface area contributed by atoms with Gasteiger partial charge in [-0.3, -0.25) is 9.48 Å². The number of amides is 1. The molecule has 0 radical (unpaired) electrons. The maximum atomic E-state index is 13.0. The lowest BCUT2D eigenvalue weighted by atomic mass is 10.1. The molecule has 1 heterocycles. The molecule has 0 fully saturated rings. The van der Waals surface area contributed by atoms with Gasteiger partial charge in [0, 0.05) is 25.9 Å². The minimum Gasteiger partial charge on any atom is -0.396 e. The zero-order valence-corrected chi connectivity index (χ0v) is 12.6. The number of nitrogens with one attached hydrogen (secondary N) is 1. The topological polar surface area (TPSA) is 67.2 Å². The molecule has 0 aliphatic rings. The molecule has 7 heteroatoms. The summed E-state index contributed by atoms with van der Waals surface area (Å²) in [6.45, 7) is 6.58. The molecule has 0 aromatic carbocycles. The van der Waals surface area contributed by atoms with E-state index in [1.54, 1.807) is 0 Å². The van der Waals surface area contributed by atoms with Crippen molar-refractivity contribution in [1.29, 1.82) is 0 Å². The molecule has 1 aromatic heterocycles. The van der Waals surface area contributed by atoms with Crippen LogP contribution in [0.3, 0.4) is 0 Å². The van der Waals surface area contributed by atoms with Crippen molar-refractivity contribution in [1.82, 2.24) is 15.1 Å². The Morgan fingerprint density at radius 2 is 2.10 bits per heavy atom. The van der Waals surface area contributed by atoms with E-state index in [0.29, 0.717) is 19.5 Å². The van der Waals surface area contributed by atoms with Crippen molar-refractivity contribution in [2.75, 3.05) is 13.2 Å². The number of hydrogen-bond donors (Lipinski definition) is 2. The van der Waals surface area contributed by atoms with Crippen molar-refractivity contribution in [3.05, 3.63) is 17.5 Å². The lowest BCUT2D eigenvalue weighted by molar-refractivity contribution is 0.0926. The molecule has 120 valence electrons. The highest BCUT2D eigenvalue weighted by Crippen LogP contribution is 2.22. The Morgan fingerprint density at radius 1 is 1.43 bits per heavy atom. The van der Waals surface area contributed by atoms with Gasteiger partial charge in [-0.05, 0) is 18.3 Å². The highest BCUT2D eigenvalue weighted by atomic mass is 19.3. The molecule has 1 unspecified atom stereocenters. The molecule has 0 aliphatic heterocycles. The van der Waals surface area contributed by atoms with E-state index in [4.69, 9.17) is 5.11 Å². The maximum absolute atomic E-state index is 13.0. The number of nitrogens with zero attached hydrogens (tertiary/aromatic N) is 2. The van der Waals surface area contributed by atoms with Crippen molar-refractivity contribution >= 4 is 5.91 Å². The smallest absolute Gasteiger partial charge is 0.272 e. The summed E-state index contributed by atoms with van der Waals surface area (Å²) in [4.78, 5) is 12.0. The summed E-state index contributed by atoms with van der Waals surface area (Å²) in [6.07, 6.45) is -0.956. The van der Waals surface area contributed by atoms with Gasteiger partial charge in [0.05, 0.1) is 5.56 Å². The number of alkyl halides is 2. The van der Waals surface area contributed by atoms with Gasteiger partial charge < -0.3 is 10.4 Å². The van der Waals surface area contributed by atoms with Crippen molar-refractivity contribution in [2.45, 2.75) is 40.2 Å². The summed E-state index contributed by atoms with van der Waals surface area (Å²) in [6, 6.07) is 0. The standard InChI is InChI=1S/C14H23F2N3O2/c1-9(2)7-19-8-11(13(15)16)12(18-19)14(21)17-6-10(3)4-5-20/h8-10,13,20H,4-7H2,1-3H3,(H,17,21). The summed E-state index contributed by atoms with van der Waals surface area (Å²) in [5.74, 6) is -0.278. The van der Waals surface area contributed by atoms with Gasteiger partial charge >= 0.3 is 0 Å². The van der Waals surface area contributed by atoms with Crippen LogP contribution in [0.5, 0.6) is 0 Å². The van der Waals surface area contributed by atoms with Gasteiger partial charge in [-0.25, -0.2) is 8.78 Å². The number of carbonyl (C=O) groups is 1. The highest BCUT2D eigenvalue weighted by Gasteiger charge is 2.23. The number of carbonyl (C=O) groups excluding carboxylic acids is 1. The number of hydrogen-bond acceptors (Lipinski definition) is 3. The first-order valence-corrected chi connectivity index (χ1v) is 7.09. The van der Waals surface area contributed by atoms with Crippen LogP contribution in [-0.2, 0) is 6.54 Å². The Balaban J connectivity index is 2.79. The summed E-state index contributed by atoms with van der Waals surface area (Å²) >= 11 is 0. The van der Waals surface area contributed by atoms with E-state index < -0.39 is 12.3 Å². The zero-order valence-electron chi connectivity index (χ0n) is 12.6. The van der Waals surface area contributed by atoms with E-state index in [0.717, 1.165) is 0 Å². The van der Waals surface area contributed by atoms with Crippen molar-refractivity contribution in [3.63, 3.8) is 0 Å². The van der Waals surface area contributed by atoms with Gasteiger partial charge in [-0.15, -0.1) is 0 Å². The van der Waals surface area contributed by atoms with Crippen LogP contribution in [0.1, 0.15) is 49.7 Å². The fraction of sp³-hybridized carbons (Fsp3) is 0.714. The summed E-state index contributed by atoms with van der Waals surface area (Å²) in [5.41, 5.74) is -0.565. The van der Waals surface area contributed by atoms with Crippen LogP contribution in [0, 0.1) is 11.8 Å². The molecule has 0 saturated heterocycles. The van der Waals surface area contributed by atoms with Crippen molar-refractivity contribution in [2.24, 2.45) is 11.8 Å². The molecule has 0 spiro atoms. The molecule has 2 N–H and O–H groups in total. The first-order chi connectivity index (χ1) is 9.85. The van der Waals surface area contributed by atoms with Gasteiger partial charge in [-0.1, -0.05) is 20.8 Å². The number of aliphatic hydroxyl groups is 1. The predicted molar refractivity (Wildman–Crippen MR) is 75.2 cm³/mol. The Morgan fingerprint density at radius 3 is 2.62 bits per heavy atom. The fourth-order valence-electron chi connectivity index (χ4n) is 1.91. The van der Waals surface area contributed by atoms with E-state index in [-0.39, 0.29) is 29.7 Å². The van der Waals surface area contributed by atoms with E-state index in [9.17, 15) is 13.6 Å². The Labute approximate surface area is 123 Å². The van der Waals surface area contributed by atoms with Gasteiger partial charge in [-0.2, -0.15) is 5.10 Å². The summed E-state index contributed by atoms with van der Waals surface area (Å²) in [5, 5.41) is 15.4. The number of aliphatic hydroxyl groups excluding tert-OH is 1. The van der Waals surface area contributed by atoms with Gasteiger partial charge in [0.25, 0.3) is 12.3 Å². The molecule has 1 aromatic rings. The molecule has 1 amide bonds. The average molecular weight is 303 g/mol. The summed E-state index contributed by atoms with van der Waals surface area (Å²) in [7, 11) is 0. The van der Waals surface area contributed by atoms with Gasteiger partial charge in [0.1, 0.15) is 0 Å². The number of rotatable bonds is 8. The highest BCUT2D eigenvalue weighted by molar-refractivity contribution is 5.93. The molecule has 0 aliphatic carbocycles. The largest absolute Gasteiger partial charge is 0.396 e. The minimum atomic E-state index is -2.73. The van der Waals surface area contributed by atoms with Crippen LogP contribution in [0.4, 0.5) is 8.78 Å². The van der Waals surface area contributed by atoms with Crippen LogP contribution >= 0.6 is 0 Å². The third-order valence-corrected chi connectivity index (χ3v) is 3.03. The second-order valence-electron chi connectivity index (χ2n) is 5.68. The first kappa shape index (κ1) is 17.6. The van der Waals surface area contributed by atoms with E-state index in [1.165, 1.54) is 10.9 Å². The lowest BCUT2D eigenvalue weighted by Gasteiger charge is -2.10. The van der Waals surface area contributed by atoms with Crippen LogP contribution < -0.4 is 5.32 Å². The van der Waals surface area contributed by atoms with Gasteiger partial charge in [0.2, 0.25) is 0 Å². The van der Waals surface area contributed by atoms with Crippen LogP contribution in [0.25, 0.3) is 0 Å². The molecule has 1 rings (SSSR count). The predicted octanol–water partition coefficient (Wildman–Crippen LogP) is 2.23. The average Bonchev–Trinajstić information content (AvgIpc) is 2.79. The quantitative estimate of drug-likeness (QED) is 0.774. The lowest BCUT2D eigenvalue weighted by Crippen LogP contribution is -2.29. The first-order valence-electron chi connectivity index (χ1n) is 7.09. The number of halogens is 2. The Kier molecular flexibility index (Phi) is 6.74. The number of aromatic nitrogens is 2. The third kappa shape index (κ3) is 5.41. The van der Waals surface area contributed by atoms with E-state index >= 15 is 0 Å². The van der Waals surface area contributed by atoms with Crippen molar-refractivity contribution < 1.29 is 18.7 Å². The Hall–Kier alpha value is -1.50. The van der Waals surface area contributed by atoms with Crippen LogP contribution in [0.15, 0.2) is 6.20 Å². The molecular formula is C14H23F2N3O2. The second-order valence-corrected chi connectivity index (χ2v) is 5.68. The third-order valence-electron chi connectivity index (χ3n) is 3.03. The fourth-order valence-corrected chi connectivity index (χ4v) is 1.91. The normalized spacial score (nSPS) is 13.0. The molecule has 5 nitrogen and oxygen atoms in total. The molecule has 1 atom stereocenters. The summed E-state index contributed by atoms with van der Waals surface area (Å²) < 4.78 is 27.4. The maximum Gasteiger partial charge on any atom is 0.272 e. The zero-order chi connectivity index (χ0) is 16.0. The van der Waals surface area contributed by atoms with E-state index in [2.05, 4.69) is 10.4 Å². The Bertz CT molecular complexity index is 461. The SMILES string of the molecule is CC(C)Cn1cc(C(F)F)c(C(=O)NCC(C)CCO)n1. The minimum absolute atomic E-state index is 0.0301. The van der Waals surface area contributed by atoms with Crippen LogP contribution in [-0.4, -0.2) is 33.9 Å². The molecule has 0 saturated carbocycles. The molecule has 21 heavy (non-hydrogen) atoms. The van der Waals surface area contributed by atoms with E-state index in [1.807, 2.05) is 20.8 Å².